The first-order chi connectivity index (χ1) is 16.2. The number of hydrogen-bond acceptors (Lipinski definition) is 7. The molecule has 9 nitrogen and oxygen atoms in total. The summed E-state index contributed by atoms with van der Waals surface area (Å²) in [7, 11) is 0. The van der Waals surface area contributed by atoms with Crippen LogP contribution in [0.2, 0.25) is 0 Å². The van der Waals surface area contributed by atoms with Gasteiger partial charge in [-0.1, -0.05) is 44.8 Å². The van der Waals surface area contributed by atoms with Gasteiger partial charge in [-0.2, -0.15) is 0 Å². The van der Waals surface area contributed by atoms with Gasteiger partial charge < -0.3 is 20.4 Å². The third kappa shape index (κ3) is 13.0. The molecule has 0 radical (unpaired) electrons. The van der Waals surface area contributed by atoms with E-state index in [1.54, 1.807) is 6.92 Å². The van der Waals surface area contributed by atoms with E-state index in [9.17, 15) is 29.9 Å². The average molecular weight is 485 g/mol. The van der Waals surface area contributed by atoms with Crippen molar-refractivity contribution >= 4 is 11.7 Å². The van der Waals surface area contributed by atoms with Gasteiger partial charge in [0.1, 0.15) is 12.4 Å². The molecule has 1 amide bonds. The van der Waals surface area contributed by atoms with E-state index in [0.29, 0.717) is 51.4 Å². The lowest BCUT2D eigenvalue weighted by Crippen LogP contribution is -2.36. The van der Waals surface area contributed by atoms with Crippen LogP contribution in [0.15, 0.2) is 12.2 Å². The van der Waals surface area contributed by atoms with Gasteiger partial charge in [-0.25, -0.2) is 0 Å². The van der Waals surface area contributed by atoms with Crippen molar-refractivity contribution in [3.8, 4) is 0 Å². The largest absolute Gasteiger partial charge is 0.393 e. The maximum Gasteiger partial charge on any atom is 0.294 e. The van der Waals surface area contributed by atoms with E-state index in [4.69, 9.17) is 0 Å². The van der Waals surface area contributed by atoms with Crippen LogP contribution in [-0.2, 0) is 14.4 Å². The quantitative estimate of drug-likeness (QED) is 0.109. The van der Waals surface area contributed by atoms with Gasteiger partial charge in [0.25, 0.3) is 5.09 Å². The molecule has 9 heteroatoms. The smallest absolute Gasteiger partial charge is 0.294 e. The molecule has 0 aliphatic heterocycles. The molecule has 1 saturated carbocycles. The first kappa shape index (κ1) is 30.0. The monoisotopic (exact) mass is 484 g/mol. The maximum atomic E-state index is 12.2. The minimum atomic E-state index is -0.883. The minimum absolute atomic E-state index is 0.0608. The predicted octanol–water partition coefficient (Wildman–Crippen LogP) is 3.88. The molecule has 1 fully saturated rings. The normalized spacial score (nSPS) is 23.2. The number of aliphatic hydroxyl groups is 2. The SMILES string of the molecule is CCCCCCCC(=O)CC[C@@H]1[C@@H](CC=CCCCC(=O)NC(C)CO[N+](=O)[O-])[C@@H](O)C[C@H]1O. The highest BCUT2D eigenvalue weighted by atomic mass is 16.9. The number of hydrogen-bond donors (Lipinski definition) is 3. The zero-order valence-corrected chi connectivity index (χ0v) is 20.8. The van der Waals surface area contributed by atoms with Gasteiger partial charge in [0.2, 0.25) is 5.91 Å². The van der Waals surface area contributed by atoms with Crippen LogP contribution in [0, 0.1) is 22.0 Å². The Morgan fingerprint density at radius 2 is 1.76 bits per heavy atom. The molecular formula is C25H44N2O7. The highest BCUT2D eigenvalue weighted by Crippen LogP contribution is 2.38. The van der Waals surface area contributed by atoms with Gasteiger partial charge >= 0.3 is 0 Å². The molecule has 1 aliphatic carbocycles. The Labute approximate surface area is 203 Å². The van der Waals surface area contributed by atoms with Crippen LogP contribution in [0.3, 0.4) is 0 Å². The number of nitrogens with one attached hydrogen (secondary N) is 1. The Balaban J connectivity index is 2.28. The molecule has 0 saturated heterocycles. The van der Waals surface area contributed by atoms with Crippen molar-refractivity contribution in [2.75, 3.05) is 6.61 Å². The summed E-state index contributed by atoms with van der Waals surface area (Å²) in [4.78, 5) is 38.5. The number of ketones is 1. The van der Waals surface area contributed by atoms with E-state index in [-0.39, 0.29) is 30.1 Å². The van der Waals surface area contributed by atoms with Gasteiger partial charge in [-0.15, -0.1) is 10.1 Å². The van der Waals surface area contributed by atoms with E-state index in [1.807, 2.05) is 12.2 Å². The van der Waals surface area contributed by atoms with Crippen LogP contribution < -0.4 is 5.32 Å². The second-order valence-corrected chi connectivity index (χ2v) is 9.53. The van der Waals surface area contributed by atoms with Gasteiger partial charge in [-0.3, -0.25) is 9.59 Å². The molecule has 0 bridgehead atoms. The van der Waals surface area contributed by atoms with Crippen molar-refractivity contribution in [3.63, 3.8) is 0 Å². The number of carbonyl (C=O) groups is 2. The topological polar surface area (TPSA) is 139 Å². The van der Waals surface area contributed by atoms with E-state index in [2.05, 4.69) is 17.1 Å². The summed E-state index contributed by atoms with van der Waals surface area (Å²) in [5.41, 5.74) is 0. The highest BCUT2D eigenvalue weighted by molar-refractivity contribution is 5.78. The molecule has 0 aromatic carbocycles. The Hall–Kier alpha value is -2.00. The molecule has 196 valence electrons. The lowest BCUT2D eigenvalue weighted by atomic mass is 9.86. The summed E-state index contributed by atoms with van der Waals surface area (Å²) in [6.07, 6.45) is 12.7. The van der Waals surface area contributed by atoms with Gasteiger partial charge in [0.05, 0.1) is 12.2 Å². The van der Waals surface area contributed by atoms with Crippen molar-refractivity contribution in [2.45, 2.75) is 116 Å². The Bertz CT molecular complexity index is 641. The molecule has 3 N–H and O–H groups in total. The lowest BCUT2D eigenvalue weighted by molar-refractivity contribution is -0.758. The van der Waals surface area contributed by atoms with Crippen molar-refractivity contribution in [3.05, 3.63) is 22.3 Å². The summed E-state index contributed by atoms with van der Waals surface area (Å²) in [6, 6.07) is -0.436. The summed E-state index contributed by atoms with van der Waals surface area (Å²) in [6.45, 7) is 3.63. The average Bonchev–Trinajstić information content (AvgIpc) is 3.05. The molecule has 0 spiro atoms. The van der Waals surface area contributed by atoms with Crippen LogP contribution in [0.25, 0.3) is 0 Å². The minimum Gasteiger partial charge on any atom is -0.393 e. The van der Waals surface area contributed by atoms with Crippen molar-refractivity contribution in [2.24, 2.45) is 11.8 Å². The first-order valence-electron chi connectivity index (χ1n) is 12.8. The number of nitrogens with zero attached hydrogens (tertiary/aromatic N) is 1. The van der Waals surface area contributed by atoms with Gasteiger partial charge in [0.15, 0.2) is 0 Å². The fraction of sp³-hybridized carbons (Fsp3) is 0.840. The molecule has 5 atom stereocenters. The van der Waals surface area contributed by atoms with Gasteiger partial charge in [-0.05, 0) is 57.3 Å². The molecule has 1 rings (SSSR count). The van der Waals surface area contributed by atoms with Gasteiger partial charge in [0, 0.05) is 25.3 Å². The van der Waals surface area contributed by atoms with Crippen LogP contribution >= 0.6 is 0 Å². The number of carbonyl (C=O) groups excluding carboxylic acids is 2. The fourth-order valence-corrected chi connectivity index (χ4v) is 4.60. The zero-order chi connectivity index (χ0) is 25.3. The highest BCUT2D eigenvalue weighted by Gasteiger charge is 2.40. The third-order valence-electron chi connectivity index (χ3n) is 6.52. The summed E-state index contributed by atoms with van der Waals surface area (Å²) >= 11 is 0. The maximum absolute atomic E-state index is 12.2. The fourth-order valence-electron chi connectivity index (χ4n) is 4.60. The van der Waals surface area contributed by atoms with Crippen molar-refractivity contribution < 1.29 is 29.7 Å². The summed E-state index contributed by atoms with van der Waals surface area (Å²) in [5.74, 6) is -0.0686. The molecular weight excluding hydrogens is 440 g/mol. The molecule has 0 heterocycles. The van der Waals surface area contributed by atoms with E-state index in [1.165, 1.54) is 19.3 Å². The molecule has 1 aliphatic rings. The molecule has 1 unspecified atom stereocenters. The Kier molecular flexibility index (Phi) is 15.4. The number of amides is 1. The number of unbranched alkanes of at least 4 members (excludes halogenated alkanes) is 5. The number of allylic oxidation sites excluding steroid dienone is 2. The van der Waals surface area contributed by atoms with Crippen molar-refractivity contribution in [1.29, 1.82) is 0 Å². The zero-order valence-electron chi connectivity index (χ0n) is 20.8. The van der Waals surface area contributed by atoms with Crippen LogP contribution in [0.5, 0.6) is 0 Å². The molecule has 0 aromatic rings. The standard InChI is InChI=1S/C25H44N2O7/c1-3-4-5-6-9-12-20(28)15-16-22-21(23(29)17-24(22)30)13-10-7-8-11-14-25(31)26-19(2)18-34-27(32)33/h7,10,19,21-24,29-30H,3-6,8-9,11-18H2,1-2H3,(H,26,31)/t19?,21-,22-,23+,24-/m1/s1. The summed E-state index contributed by atoms with van der Waals surface area (Å²) < 4.78 is 0. The van der Waals surface area contributed by atoms with Crippen LogP contribution in [0.4, 0.5) is 0 Å². The molecule has 0 aromatic heterocycles. The number of aliphatic hydroxyl groups excluding tert-OH is 2. The number of rotatable bonds is 19. The van der Waals surface area contributed by atoms with Crippen LogP contribution in [-0.4, -0.2) is 51.8 Å². The Morgan fingerprint density at radius 3 is 2.47 bits per heavy atom. The van der Waals surface area contributed by atoms with Crippen LogP contribution in [0.1, 0.15) is 97.3 Å². The lowest BCUT2D eigenvalue weighted by Gasteiger charge is -2.22. The Morgan fingerprint density at radius 1 is 1.06 bits per heavy atom. The first-order valence-corrected chi connectivity index (χ1v) is 12.8. The van der Waals surface area contributed by atoms with E-state index in [0.717, 1.165) is 12.8 Å². The molecule has 34 heavy (non-hydrogen) atoms. The second-order valence-electron chi connectivity index (χ2n) is 9.53. The second kappa shape index (κ2) is 17.4. The van der Waals surface area contributed by atoms with Crippen molar-refractivity contribution in [1.82, 2.24) is 5.32 Å². The van der Waals surface area contributed by atoms with E-state index < -0.39 is 23.3 Å². The van der Waals surface area contributed by atoms with E-state index >= 15 is 0 Å². The predicted molar refractivity (Wildman–Crippen MR) is 129 cm³/mol. The third-order valence-corrected chi connectivity index (χ3v) is 6.52. The number of Topliss-reactive ketones (excluding diaryl/α,β-unsaturated/α-hetero) is 1. The summed E-state index contributed by atoms with van der Waals surface area (Å²) in [5, 5.41) is 32.7.